The van der Waals surface area contributed by atoms with Crippen LogP contribution in [0.1, 0.15) is 15.9 Å². The van der Waals surface area contributed by atoms with Crippen LogP contribution in [0.2, 0.25) is 0 Å². The van der Waals surface area contributed by atoms with E-state index in [2.05, 4.69) is 20.3 Å². The molecule has 0 atom stereocenters. The number of carbonyl (C=O) groups excluding carboxylic acids is 1. The van der Waals surface area contributed by atoms with Gasteiger partial charge in [0.1, 0.15) is 11.6 Å². The van der Waals surface area contributed by atoms with Crippen molar-refractivity contribution in [2.24, 2.45) is 0 Å². The lowest BCUT2D eigenvalue weighted by molar-refractivity contribution is -0.137. The van der Waals surface area contributed by atoms with Gasteiger partial charge in [0.15, 0.2) is 0 Å². The smallest absolute Gasteiger partial charge is 0.419 e. The van der Waals surface area contributed by atoms with Crippen molar-refractivity contribution in [3.8, 4) is 5.75 Å². The number of alkyl halides is 3. The van der Waals surface area contributed by atoms with E-state index in [4.69, 9.17) is 4.74 Å². The largest absolute Gasteiger partial charge is 0.495 e. The molecule has 0 spiro atoms. The number of carbonyl (C=O) groups is 1. The van der Waals surface area contributed by atoms with Gasteiger partial charge in [-0.25, -0.2) is 13.4 Å². The number of nitrogens with zero attached hydrogens (tertiary/aromatic N) is 1. The highest BCUT2D eigenvalue weighted by atomic mass is 32.2. The van der Waals surface area contributed by atoms with E-state index in [0.717, 1.165) is 6.07 Å². The SMILES string of the molecule is COc1ccccc1NS(=O)(=O)c1cccc(C(=O)NCCNc2ncccc2C(F)(F)F)c1. The number of sulfonamides is 1. The van der Waals surface area contributed by atoms with E-state index in [0.29, 0.717) is 5.75 Å². The van der Waals surface area contributed by atoms with Gasteiger partial charge in [0.25, 0.3) is 15.9 Å². The third kappa shape index (κ3) is 6.16. The average Bonchev–Trinajstić information content (AvgIpc) is 2.81. The summed E-state index contributed by atoms with van der Waals surface area (Å²) < 4.78 is 72.1. The number of anilines is 2. The van der Waals surface area contributed by atoms with Crippen LogP contribution in [0, 0.1) is 0 Å². The molecule has 0 saturated heterocycles. The summed E-state index contributed by atoms with van der Waals surface area (Å²) in [4.78, 5) is 16.0. The van der Waals surface area contributed by atoms with E-state index < -0.39 is 27.7 Å². The Morgan fingerprint density at radius 1 is 1.03 bits per heavy atom. The van der Waals surface area contributed by atoms with Crippen molar-refractivity contribution in [1.29, 1.82) is 0 Å². The molecule has 1 amide bonds. The fourth-order valence-corrected chi connectivity index (χ4v) is 4.09. The van der Waals surface area contributed by atoms with Crippen molar-refractivity contribution in [2.45, 2.75) is 11.1 Å². The molecule has 0 aliphatic heterocycles. The predicted molar refractivity (Wildman–Crippen MR) is 120 cm³/mol. The van der Waals surface area contributed by atoms with Gasteiger partial charge in [0.05, 0.1) is 23.3 Å². The molecule has 0 radical (unpaired) electrons. The lowest BCUT2D eigenvalue weighted by Gasteiger charge is -2.14. The third-order valence-electron chi connectivity index (χ3n) is 4.57. The number of ether oxygens (including phenoxy) is 1. The molecule has 0 aliphatic carbocycles. The molecule has 3 N–H and O–H groups in total. The van der Waals surface area contributed by atoms with E-state index >= 15 is 0 Å². The molecule has 0 unspecified atom stereocenters. The van der Waals surface area contributed by atoms with Gasteiger partial charge < -0.3 is 15.4 Å². The Hall–Kier alpha value is -3.80. The van der Waals surface area contributed by atoms with Crippen LogP contribution in [-0.4, -0.2) is 39.5 Å². The molecule has 3 aromatic rings. The van der Waals surface area contributed by atoms with Gasteiger partial charge in [-0.15, -0.1) is 0 Å². The molecule has 180 valence electrons. The number of amides is 1. The first kappa shape index (κ1) is 24.8. The molecule has 0 fully saturated rings. The average molecular weight is 494 g/mol. The zero-order valence-corrected chi connectivity index (χ0v) is 18.7. The number of methoxy groups -OCH3 is 1. The Morgan fingerprint density at radius 3 is 2.53 bits per heavy atom. The maximum Gasteiger partial charge on any atom is 0.419 e. The van der Waals surface area contributed by atoms with Crippen LogP contribution in [0.25, 0.3) is 0 Å². The highest BCUT2D eigenvalue weighted by molar-refractivity contribution is 7.92. The molecule has 0 aliphatic rings. The summed E-state index contributed by atoms with van der Waals surface area (Å²) >= 11 is 0. The van der Waals surface area contributed by atoms with Gasteiger partial charge in [0.2, 0.25) is 0 Å². The molecule has 8 nitrogen and oxygen atoms in total. The topological polar surface area (TPSA) is 109 Å². The van der Waals surface area contributed by atoms with Crippen LogP contribution in [-0.2, 0) is 16.2 Å². The van der Waals surface area contributed by atoms with E-state index in [1.807, 2.05) is 0 Å². The monoisotopic (exact) mass is 494 g/mol. The van der Waals surface area contributed by atoms with Crippen LogP contribution in [0.5, 0.6) is 5.75 Å². The summed E-state index contributed by atoms with van der Waals surface area (Å²) in [6.45, 7) is -0.0532. The van der Waals surface area contributed by atoms with Gasteiger partial charge in [-0.2, -0.15) is 13.2 Å². The molecular formula is C22H21F3N4O4S. The first-order chi connectivity index (χ1) is 16.1. The first-order valence-electron chi connectivity index (χ1n) is 9.92. The summed E-state index contributed by atoms with van der Waals surface area (Å²) in [5.41, 5.74) is -0.614. The standard InChI is InChI=1S/C22H21F3N4O4S/c1-33-19-10-3-2-9-18(19)29-34(31,32)16-7-4-6-15(14-16)21(30)28-13-12-27-20-17(22(23,24)25)8-5-11-26-20/h2-11,14,29H,12-13H2,1H3,(H,26,27)(H,28,30). The van der Waals surface area contributed by atoms with Crippen molar-refractivity contribution in [2.75, 3.05) is 30.2 Å². The number of pyridine rings is 1. The zero-order chi connectivity index (χ0) is 24.8. The van der Waals surface area contributed by atoms with Crippen LogP contribution >= 0.6 is 0 Å². The Kier molecular flexibility index (Phi) is 7.61. The predicted octanol–water partition coefficient (Wildman–Crippen LogP) is 3.75. The first-order valence-corrected chi connectivity index (χ1v) is 11.4. The summed E-state index contributed by atoms with van der Waals surface area (Å²) in [5, 5.41) is 5.07. The Balaban J connectivity index is 1.63. The van der Waals surface area contributed by atoms with Crippen molar-refractivity contribution >= 4 is 27.4 Å². The number of nitrogens with one attached hydrogen (secondary N) is 3. The number of rotatable bonds is 9. The zero-order valence-electron chi connectivity index (χ0n) is 17.9. The van der Waals surface area contributed by atoms with Crippen LogP contribution in [0.15, 0.2) is 71.8 Å². The minimum Gasteiger partial charge on any atom is -0.495 e. The maximum absolute atomic E-state index is 13.0. The molecule has 0 saturated carbocycles. The van der Waals surface area contributed by atoms with Crippen molar-refractivity contribution < 1.29 is 31.1 Å². The molecule has 1 aromatic heterocycles. The normalized spacial score (nSPS) is 11.5. The highest BCUT2D eigenvalue weighted by Gasteiger charge is 2.33. The highest BCUT2D eigenvalue weighted by Crippen LogP contribution is 2.33. The van der Waals surface area contributed by atoms with Crippen molar-refractivity contribution in [3.05, 3.63) is 78.0 Å². The van der Waals surface area contributed by atoms with Crippen molar-refractivity contribution in [1.82, 2.24) is 10.3 Å². The summed E-state index contributed by atoms with van der Waals surface area (Å²) in [7, 11) is -2.61. The van der Waals surface area contributed by atoms with Gasteiger partial charge in [0, 0.05) is 24.8 Å². The quantitative estimate of drug-likeness (QED) is 0.391. The molecular weight excluding hydrogens is 473 g/mol. The van der Waals surface area contributed by atoms with Gasteiger partial charge in [-0.05, 0) is 42.5 Å². The minimum atomic E-state index is -4.57. The second-order valence-electron chi connectivity index (χ2n) is 6.91. The molecule has 1 heterocycles. The van der Waals surface area contributed by atoms with E-state index in [9.17, 15) is 26.4 Å². The van der Waals surface area contributed by atoms with Crippen molar-refractivity contribution in [3.63, 3.8) is 0 Å². The molecule has 12 heteroatoms. The van der Waals surface area contributed by atoms with E-state index in [1.54, 1.807) is 18.2 Å². The molecule has 0 bridgehead atoms. The third-order valence-corrected chi connectivity index (χ3v) is 5.94. The number of para-hydroxylation sites is 2. The summed E-state index contributed by atoms with van der Waals surface area (Å²) in [5.74, 6) is -0.609. The summed E-state index contributed by atoms with van der Waals surface area (Å²) in [6.07, 6.45) is -3.34. The second kappa shape index (κ2) is 10.4. The lowest BCUT2D eigenvalue weighted by atomic mass is 10.2. The number of hydrogen-bond donors (Lipinski definition) is 3. The fourth-order valence-electron chi connectivity index (χ4n) is 2.97. The van der Waals surface area contributed by atoms with E-state index in [-0.39, 0.29) is 35.1 Å². The van der Waals surface area contributed by atoms with Gasteiger partial charge >= 0.3 is 6.18 Å². The number of aromatic nitrogens is 1. The van der Waals surface area contributed by atoms with Crippen LogP contribution in [0.4, 0.5) is 24.7 Å². The fraction of sp³-hybridized carbons (Fsp3) is 0.182. The minimum absolute atomic E-state index is 0.0247. The number of halogens is 3. The van der Waals surface area contributed by atoms with Gasteiger partial charge in [-0.3, -0.25) is 9.52 Å². The van der Waals surface area contributed by atoms with Gasteiger partial charge in [-0.1, -0.05) is 18.2 Å². The van der Waals surface area contributed by atoms with Crippen LogP contribution < -0.4 is 20.1 Å². The molecule has 2 aromatic carbocycles. The maximum atomic E-state index is 13.0. The number of benzene rings is 2. The lowest BCUT2D eigenvalue weighted by Crippen LogP contribution is -2.29. The van der Waals surface area contributed by atoms with E-state index in [1.165, 1.54) is 49.7 Å². The Bertz CT molecular complexity index is 1270. The second-order valence-corrected chi connectivity index (χ2v) is 8.60. The molecule has 34 heavy (non-hydrogen) atoms. The number of hydrogen-bond acceptors (Lipinski definition) is 6. The van der Waals surface area contributed by atoms with Crippen LogP contribution in [0.3, 0.4) is 0 Å². The molecule has 3 rings (SSSR count). The Morgan fingerprint density at radius 2 is 1.79 bits per heavy atom. The Labute approximate surface area is 194 Å². The summed E-state index contributed by atoms with van der Waals surface area (Å²) in [6, 6.07) is 13.9.